The number of hydrogen-bond acceptors (Lipinski definition) is 21. The SMILES string of the molecule is CC1(C)CC[C@]2(C(=O)O[C@@H]3O[C@H](CO)[C@@H](O)[C@H](O)[C@H]3O)CC[C@]3(C)C(=CC[C@@H]4[C@@]5(C)CC[C@H](O[C@@H]6O[C@H](C(=O)O)[C@@H](O[C@@H]7OC[C@@H](O)[C@H](O)[C@H]7O)[C@H](O)[C@H]6O[C@@H]6OC[C@@H](O)[C@H](O)[C@H]6O)C(C)(C)[C@H]5CC[C@]43C)[C@@H]2C1. The molecule has 4 saturated heterocycles. The van der Waals surface area contributed by atoms with E-state index in [2.05, 4.69) is 54.5 Å². The van der Waals surface area contributed by atoms with Gasteiger partial charge in [-0.25, -0.2) is 4.79 Å². The number of aliphatic carboxylic acids is 1. The number of aliphatic hydroxyl groups is 11. The molecule has 0 radical (unpaired) electrons. The molecule has 0 bridgehead atoms. The molecule has 74 heavy (non-hydrogen) atoms. The van der Waals surface area contributed by atoms with E-state index in [0.29, 0.717) is 32.1 Å². The summed E-state index contributed by atoms with van der Waals surface area (Å²) < 4.78 is 47.5. The highest BCUT2D eigenvalue weighted by molar-refractivity contribution is 5.79. The first-order chi connectivity index (χ1) is 34.6. The van der Waals surface area contributed by atoms with Crippen LogP contribution >= 0.6 is 0 Å². The van der Waals surface area contributed by atoms with Crippen molar-refractivity contribution in [3.05, 3.63) is 11.6 Å². The van der Waals surface area contributed by atoms with Gasteiger partial charge in [-0.1, -0.05) is 60.1 Å². The van der Waals surface area contributed by atoms with Crippen molar-refractivity contribution in [3.63, 3.8) is 0 Å². The van der Waals surface area contributed by atoms with Gasteiger partial charge in [0, 0.05) is 0 Å². The number of carboxylic acids is 1. The molecule has 9 rings (SSSR count). The van der Waals surface area contributed by atoms with E-state index in [1.807, 2.05) is 0 Å². The Morgan fingerprint density at radius 1 is 0.622 bits per heavy atom. The fourth-order valence-electron chi connectivity index (χ4n) is 15.9. The molecule has 4 heterocycles. The molecular weight excluding hydrogens is 977 g/mol. The molecule has 0 aromatic carbocycles. The third kappa shape index (κ3) is 9.12. The topological polar surface area (TPSA) is 351 Å². The highest BCUT2D eigenvalue weighted by Gasteiger charge is 2.70. The highest BCUT2D eigenvalue weighted by atomic mass is 16.8. The molecule has 0 aromatic heterocycles. The van der Waals surface area contributed by atoms with Gasteiger partial charge in [-0.05, 0) is 109 Å². The van der Waals surface area contributed by atoms with Crippen molar-refractivity contribution < 1.29 is 109 Å². The molecule has 8 fully saturated rings. The lowest BCUT2D eigenvalue weighted by atomic mass is 9.33. The zero-order chi connectivity index (χ0) is 54.0. The maximum Gasteiger partial charge on any atom is 0.335 e. The van der Waals surface area contributed by atoms with E-state index in [1.165, 1.54) is 5.57 Å². The number of allylic oxidation sites excluding steroid dienone is 2. The molecule has 422 valence electrons. The van der Waals surface area contributed by atoms with Crippen molar-refractivity contribution in [2.45, 2.75) is 229 Å². The van der Waals surface area contributed by atoms with Gasteiger partial charge in [-0.15, -0.1) is 0 Å². The molecule has 4 saturated carbocycles. The number of rotatable bonds is 10. The first-order valence-electron chi connectivity index (χ1n) is 26.6. The molecule has 5 aliphatic carbocycles. The Morgan fingerprint density at radius 2 is 1.22 bits per heavy atom. The summed E-state index contributed by atoms with van der Waals surface area (Å²) in [5.74, 6) is -2.08. The van der Waals surface area contributed by atoms with Crippen LogP contribution in [0.25, 0.3) is 0 Å². The predicted molar refractivity (Wildman–Crippen MR) is 251 cm³/mol. The molecule has 0 spiro atoms. The number of fused-ring (bicyclic) bond motifs is 7. The number of carboxylic acid groups (broad SMARTS) is 1. The van der Waals surface area contributed by atoms with E-state index >= 15 is 0 Å². The first-order valence-corrected chi connectivity index (χ1v) is 26.6. The van der Waals surface area contributed by atoms with Gasteiger partial charge in [0.05, 0.1) is 31.3 Å². The van der Waals surface area contributed by atoms with Crippen LogP contribution in [0, 0.1) is 50.2 Å². The lowest BCUT2D eigenvalue weighted by Crippen LogP contribution is -2.68. The van der Waals surface area contributed by atoms with E-state index in [0.717, 1.165) is 32.1 Å². The van der Waals surface area contributed by atoms with Crippen molar-refractivity contribution in [1.82, 2.24) is 0 Å². The third-order valence-electron chi connectivity index (χ3n) is 20.6. The molecule has 0 aromatic rings. The van der Waals surface area contributed by atoms with E-state index < -0.39 is 159 Å². The number of ether oxygens (including phenoxy) is 8. The predicted octanol–water partition coefficient (Wildman–Crippen LogP) is -0.665. The summed E-state index contributed by atoms with van der Waals surface area (Å²) in [5.41, 5.74) is -1.25. The molecule has 22 heteroatoms. The van der Waals surface area contributed by atoms with E-state index in [9.17, 15) is 70.9 Å². The average molecular weight is 1060 g/mol. The monoisotopic (exact) mass is 1060 g/mol. The van der Waals surface area contributed by atoms with Crippen LogP contribution < -0.4 is 0 Å². The van der Waals surface area contributed by atoms with Gasteiger partial charge in [0.1, 0.15) is 79.4 Å². The van der Waals surface area contributed by atoms with Crippen molar-refractivity contribution >= 4 is 11.9 Å². The molecule has 12 N–H and O–H groups in total. The fraction of sp³-hybridized carbons (Fsp3) is 0.923. The summed E-state index contributed by atoms with van der Waals surface area (Å²) in [6.07, 6.45) is -21.9. The molecule has 0 unspecified atom stereocenters. The van der Waals surface area contributed by atoms with Crippen molar-refractivity contribution in [3.8, 4) is 0 Å². The lowest BCUT2D eigenvalue weighted by molar-refractivity contribution is -0.382. The van der Waals surface area contributed by atoms with Gasteiger partial charge in [0.25, 0.3) is 0 Å². The van der Waals surface area contributed by atoms with Gasteiger partial charge >= 0.3 is 11.9 Å². The van der Waals surface area contributed by atoms with E-state index in [-0.39, 0.29) is 39.4 Å². The second-order valence-electron chi connectivity index (χ2n) is 25.4. The van der Waals surface area contributed by atoms with Crippen LogP contribution in [-0.2, 0) is 47.5 Å². The third-order valence-corrected chi connectivity index (χ3v) is 20.6. The summed E-state index contributed by atoms with van der Waals surface area (Å²) >= 11 is 0. The molecule has 26 atom stereocenters. The van der Waals surface area contributed by atoms with Gasteiger partial charge < -0.3 is 99.2 Å². The maximum atomic E-state index is 14.8. The number of esters is 1. The summed E-state index contributed by atoms with van der Waals surface area (Å²) in [7, 11) is 0. The van der Waals surface area contributed by atoms with Crippen molar-refractivity contribution in [2.24, 2.45) is 50.2 Å². The van der Waals surface area contributed by atoms with Gasteiger partial charge in [-0.2, -0.15) is 0 Å². The Labute approximate surface area is 430 Å². The Hall–Kier alpha value is -2.04. The van der Waals surface area contributed by atoms with E-state index in [4.69, 9.17) is 37.9 Å². The normalized spacial score (nSPS) is 53.0. The zero-order valence-corrected chi connectivity index (χ0v) is 43.4. The van der Waals surface area contributed by atoms with Crippen molar-refractivity contribution in [1.29, 1.82) is 0 Å². The molecule has 0 amide bonds. The van der Waals surface area contributed by atoms with Crippen LogP contribution in [0.15, 0.2) is 11.6 Å². The number of aliphatic hydroxyl groups excluding tert-OH is 11. The van der Waals surface area contributed by atoms with Crippen molar-refractivity contribution in [2.75, 3.05) is 19.8 Å². The summed E-state index contributed by atoms with van der Waals surface area (Å²) in [6.45, 7) is 14.2. The maximum absolute atomic E-state index is 14.8. The second-order valence-corrected chi connectivity index (χ2v) is 25.4. The van der Waals surface area contributed by atoms with Crippen LogP contribution in [0.5, 0.6) is 0 Å². The first kappa shape index (κ1) is 56.7. The standard InChI is InChI=1S/C52H82O22/c1-47(2)14-16-52(46(66)74-44-36(62)33(59)32(58)26(19-53)69-44)17-15-50(6)22(23(52)18-47)8-9-28-49(5)12-11-29(48(3,4)27(49)10-13-51(28,50)7)70-45-39(72-43-35(61)31(57)25(55)21-68-43)37(63)38(40(73-45)41(64)65)71-42-34(60)30(56)24(54)20-67-42/h8,23-40,42-45,53-63H,9-21H2,1-7H3,(H,64,65)/t23-,24+,25+,26+,27+,28+,29-,30-,31-,32+,33-,34+,35+,36+,37-,38-,39+,40-,42-,43-,44-,45+,49-,50+,51+,52-/m0/s1. The number of hydrogen-bond donors (Lipinski definition) is 12. The molecule has 22 nitrogen and oxygen atoms in total. The smallest absolute Gasteiger partial charge is 0.335 e. The van der Waals surface area contributed by atoms with E-state index in [1.54, 1.807) is 0 Å². The minimum Gasteiger partial charge on any atom is -0.479 e. The summed E-state index contributed by atoms with van der Waals surface area (Å²) in [4.78, 5) is 27.7. The van der Waals surface area contributed by atoms with Crippen LogP contribution in [-0.4, -0.2) is 210 Å². The number of carbonyl (C=O) groups excluding carboxylic acids is 1. The Bertz CT molecular complexity index is 2090. The summed E-state index contributed by atoms with van der Waals surface area (Å²) in [6, 6.07) is 0. The minimum absolute atomic E-state index is 0.0428. The lowest BCUT2D eigenvalue weighted by Gasteiger charge is -2.71. The quantitative estimate of drug-likeness (QED) is 0.0734. The highest BCUT2D eigenvalue weighted by Crippen LogP contribution is 2.76. The Morgan fingerprint density at radius 3 is 1.82 bits per heavy atom. The van der Waals surface area contributed by atoms with Crippen LogP contribution in [0.3, 0.4) is 0 Å². The molecule has 4 aliphatic heterocycles. The van der Waals surface area contributed by atoms with Crippen LogP contribution in [0.1, 0.15) is 113 Å². The number of carbonyl (C=O) groups is 2. The van der Waals surface area contributed by atoms with Crippen LogP contribution in [0.4, 0.5) is 0 Å². The van der Waals surface area contributed by atoms with Crippen LogP contribution in [0.2, 0.25) is 0 Å². The average Bonchev–Trinajstić information content (AvgIpc) is 3.34. The zero-order valence-electron chi connectivity index (χ0n) is 43.4. The van der Waals surface area contributed by atoms with Gasteiger partial charge in [-0.3, -0.25) is 4.79 Å². The van der Waals surface area contributed by atoms with Gasteiger partial charge in [0.15, 0.2) is 25.0 Å². The molecule has 9 aliphatic rings. The largest absolute Gasteiger partial charge is 0.479 e. The van der Waals surface area contributed by atoms with Gasteiger partial charge in [0.2, 0.25) is 6.29 Å². The summed E-state index contributed by atoms with van der Waals surface area (Å²) in [5, 5.41) is 127. The Kier molecular flexibility index (Phi) is 15.5. The fourth-order valence-corrected chi connectivity index (χ4v) is 15.9. The Balaban J connectivity index is 0.975. The second kappa shape index (κ2) is 20.3. The minimum atomic E-state index is -1.96. The molecular formula is C52H82O22.